The zero-order valence-electron chi connectivity index (χ0n) is 3.82. The molecule has 0 aromatic rings. The number of alkyl carbamates (subject to hydrolysis) is 1. The molecule has 0 fully saturated rings. The van der Waals surface area contributed by atoms with Crippen LogP contribution in [-0.2, 0) is 4.74 Å². The van der Waals surface area contributed by atoms with E-state index in [9.17, 15) is 4.79 Å². The second kappa shape index (κ2) is 6.91. The van der Waals surface area contributed by atoms with Crippen molar-refractivity contribution in [3.05, 3.63) is 0 Å². The van der Waals surface area contributed by atoms with Crippen LogP contribution in [0.3, 0.4) is 0 Å². The minimum atomic E-state index is -0.407. The van der Waals surface area contributed by atoms with E-state index < -0.39 is 6.09 Å². The van der Waals surface area contributed by atoms with Crippen molar-refractivity contribution in [2.45, 2.75) is 0 Å². The summed E-state index contributed by atoms with van der Waals surface area (Å²) in [5, 5.41) is 2.25. The molecule has 0 atom stereocenters. The van der Waals surface area contributed by atoms with Gasteiger partial charge in [-0.25, -0.2) is 4.79 Å². The Kier molecular flexibility index (Phi) is 10.7. The number of methoxy groups -OCH3 is 1. The van der Waals surface area contributed by atoms with E-state index in [4.69, 9.17) is 0 Å². The van der Waals surface area contributed by atoms with E-state index in [-0.39, 0.29) is 51.4 Å². The Morgan fingerprint density at radius 1 is 1.71 bits per heavy atom. The van der Waals surface area contributed by atoms with Crippen LogP contribution < -0.4 is 5.32 Å². The molecule has 0 aliphatic rings. The number of carbonyl (C=O) groups is 1. The Balaban J connectivity index is 0. The third-order valence-electron chi connectivity index (χ3n) is 0.390. The van der Waals surface area contributed by atoms with E-state index in [0.717, 1.165) is 0 Å². The Morgan fingerprint density at radius 2 is 2.14 bits per heavy atom. The predicted octanol–water partition coefficient (Wildman–Crippen LogP) is -0.676. The molecule has 3 nitrogen and oxygen atoms in total. The van der Waals surface area contributed by atoms with Gasteiger partial charge in [0, 0.05) is 7.05 Å². The van der Waals surface area contributed by atoms with E-state index in [1.807, 2.05) is 0 Å². The summed E-state index contributed by atoms with van der Waals surface area (Å²) in [5.74, 6) is 0. The van der Waals surface area contributed by atoms with Crippen LogP contribution in [0.25, 0.3) is 0 Å². The third kappa shape index (κ3) is 6.91. The predicted molar refractivity (Wildman–Crippen MR) is 28.6 cm³/mol. The van der Waals surface area contributed by atoms with Crippen molar-refractivity contribution in [1.82, 2.24) is 5.32 Å². The second-order valence-electron chi connectivity index (χ2n) is 0.742. The molecule has 0 unspecified atom stereocenters. The maximum atomic E-state index is 9.85. The first-order valence-corrected chi connectivity index (χ1v) is 1.57. The van der Waals surface area contributed by atoms with Gasteiger partial charge in [0.05, 0.1) is 7.11 Å². The fourth-order valence-corrected chi connectivity index (χ4v) is 0.102. The van der Waals surface area contributed by atoms with Gasteiger partial charge in [-0.15, -0.1) is 0 Å². The number of rotatable bonds is 0. The van der Waals surface area contributed by atoms with Crippen LogP contribution in [0.5, 0.6) is 0 Å². The molecule has 38 valence electrons. The van der Waals surface area contributed by atoms with Crippen LogP contribution in [0.2, 0.25) is 0 Å². The third-order valence-corrected chi connectivity index (χ3v) is 0.390. The molecule has 0 aliphatic heterocycles. The molecule has 0 bridgehead atoms. The van der Waals surface area contributed by atoms with E-state index in [1.54, 1.807) is 0 Å². The summed E-state index contributed by atoms with van der Waals surface area (Å²) in [6.45, 7) is 0. The summed E-state index contributed by atoms with van der Waals surface area (Å²) in [7, 11) is 2.82. The normalized spacial score (nSPS) is 6.00. The first kappa shape index (κ1) is 10.8. The fraction of sp³-hybridized carbons (Fsp3) is 0.667. The Hall–Kier alpha value is 0.906. The molecule has 0 spiro atoms. The van der Waals surface area contributed by atoms with Crippen LogP contribution in [0.1, 0.15) is 0 Å². The molecule has 0 aliphatic carbocycles. The van der Waals surface area contributed by atoms with Gasteiger partial charge in [-0.05, 0) is 0 Å². The van der Waals surface area contributed by atoms with E-state index >= 15 is 0 Å². The van der Waals surface area contributed by atoms with Crippen molar-refractivity contribution in [3.8, 4) is 0 Å². The van der Waals surface area contributed by atoms with E-state index in [0.29, 0.717) is 0 Å². The topological polar surface area (TPSA) is 38.3 Å². The molecule has 4 heteroatoms. The number of hydrogen-bond donors (Lipinski definition) is 1. The van der Waals surface area contributed by atoms with E-state index in [1.165, 1.54) is 14.2 Å². The monoisotopic (exact) mass is 129 g/mol. The van der Waals surface area contributed by atoms with Crippen molar-refractivity contribution in [2.75, 3.05) is 14.2 Å². The quantitative estimate of drug-likeness (QED) is 0.440. The summed E-state index contributed by atoms with van der Waals surface area (Å²) >= 11 is 0. The number of amides is 1. The van der Waals surface area contributed by atoms with Crippen molar-refractivity contribution < 1.29 is 9.53 Å². The Morgan fingerprint density at radius 3 is 2.14 bits per heavy atom. The first-order chi connectivity index (χ1) is 2.81. The van der Waals surface area contributed by atoms with Crippen LogP contribution >= 0.6 is 0 Å². The van der Waals surface area contributed by atoms with E-state index in [2.05, 4.69) is 10.1 Å². The van der Waals surface area contributed by atoms with Gasteiger partial charge in [0.15, 0.2) is 0 Å². The molecule has 7 heavy (non-hydrogen) atoms. The average Bonchev–Trinajstić information content (AvgIpc) is 1.65. The Labute approximate surface area is 85.2 Å². The van der Waals surface area contributed by atoms with Gasteiger partial charge in [0.1, 0.15) is 0 Å². The standard InChI is InChI=1S/C3H7NO2.K.H/c1-4-3(5)6-2;;/h1-2H3,(H,4,5);;. The number of ether oxygens (including phenoxy) is 1. The average molecular weight is 129 g/mol. The molecule has 0 heterocycles. The van der Waals surface area contributed by atoms with Crippen LogP contribution in [0, 0.1) is 0 Å². The zero-order valence-corrected chi connectivity index (χ0v) is 3.82. The summed E-state index contributed by atoms with van der Waals surface area (Å²) in [6.07, 6.45) is -0.407. The summed E-state index contributed by atoms with van der Waals surface area (Å²) < 4.78 is 4.15. The summed E-state index contributed by atoms with van der Waals surface area (Å²) in [5.41, 5.74) is 0. The van der Waals surface area contributed by atoms with Crippen LogP contribution in [-0.4, -0.2) is 71.6 Å². The molecule has 0 rings (SSSR count). The van der Waals surface area contributed by atoms with Gasteiger partial charge < -0.3 is 10.1 Å². The SMILES string of the molecule is CNC(=O)OC.[KH]. The molecule has 0 aromatic carbocycles. The molecule has 1 amide bonds. The van der Waals surface area contributed by atoms with Gasteiger partial charge in [-0.3, -0.25) is 0 Å². The van der Waals surface area contributed by atoms with Crippen LogP contribution in [0.15, 0.2) is 0 Å². The molecular weight excluding hydrogens is 121 g/mol. The number of nitrogens with one attached hydrogen (secondary N) is 1. The molecule has 1 N–H and O–H groups in total. The first-order valence-electron chi connectivity index (χ1n) is 1.57. The van der Waals surface area contributed by atoms with Crippen molar-refractivity contribution in [1.29, 1.82) is 0 Å². The minimum absolute atomic E-state index is 0. The molecule has 0 saturated carbocycles. The van der Waals surface area contributed by atoms with Gasteiger partial charge in [-0.2, -0.15) is 0 Å². The molecule has 0 aromatic heterocycles. The second-order valence-corrected chi connectivity index (χ2v) is 0.742. The van der Waals surface area contributed by atoms with Gasteiger partial charge >= 0.3 is 57.5 Å². The fourth-order valence-electron chi connectivity index (χ4n) is 0.102. The van der Waals surface area contributed by atoms with Crippen molar-refractivity contribution >= 4 is 57.5 Å². The van der Waals surface area contributed by atoms with Crippen molar-refractivity contribution in [3.63, 3.8) is 0 Å². The summed E-state index contributed by atoms with van der Waals surface area (Å²) in [6, 6.07) is 0. The van der Waals surface area contributed by atoms with Gasteiger partial charge in [-0.1, -0.05) is 0 Å². The zero-order chi connectivity index (χ0) is 4.99. The molecular formula is C3H8KNO2. The number of carbonyl (C=O) groups excluding carboxylic acids is 1. The van der Waals surface area contributed by atoms with Crippen LogP contribution in [0.4, 0.5) is 4.79 Å². The molecule has 0 saturated heterocycles. The maximum absolute atomic E-state index is 9.85. The summed E-state index contributed by atoms with van der Waals surface area (Å²) in [4.78, 5) is 9.85. The van der Waals surface area contributed by atoms with Gasteiger partial charge in [0.25, 0.3) is 0 Å². The number of hydrogen-bond acceptors (Lipinski definition) is 2. The van der Waals surface area contributed by atoms with Gasteiger partial charge in [0.2, 0.25) is 0 Å². The molecule has 0 radical (unpaired) electrons. The Bertz CT molecular complexity index is 50.9. The van der Waals surface area contributed by atoms with Crippen molar-refractivity contribution in [2.24, 2.45) is 0 Å².